The van der Waals surface area contributed by atoms with Gasteiger partial charge in [0, 0.05) is 24.6 Å². The second kappa shape index (κ2) is 7.05. The molecule has 0 saturated heterocycles. The minimum atomic E-state index is 0.560. The number of fused-ring (bicyclic) bond motifs is 3. The zero-order valence-electron chi connectivity index (χ0n) is 15.1. The van der Waals surface area contributed by atoms with E-state index >= 15 is 0 Å². The Hall–Kier alpha value is -2.45. The number of aromatic nitrogens is 4. The van der Waals surface area contributed by atoms with Gasteiger partial charge in [0.1, 0.15) is 4.83 Å². The van der Waals surface area contributed by atoms with Gasteiger partial charge < -0.3 is 14.5 Å². The van der Waals surface area contributed by atoms with Gasteiger partial charge in [0.2, 0.25) is 11.8 Å². The van der Waals surface area contributed by atoms with E-state index in [2.05, 4.69) is 24.3 Å². The first-order chi connectivity index (χ1) is 12.7. The lowest BCUT2D eigenvalue weighted by molar-refractivity contribution is 0.147. The van der Waals surface area contributed by atoms with Crippen molar-refractivity contribution in [3.8, 4) is 11.6 Å². The molecule has 0 fully saturated rings. The fourth-order valence-corrected chi connectivity index (χ4v) is 3.88. The summed E-state index contributed by atoms with van der Waals surface area (Å²) in [5.74, 6) is 1.90. The highest BCUT2D eigenvalue weighted by atomic mass is 32.1. The van der Waals surface area contributed by atoms with Crippen LogP contribution < -0.4 is 5.32 Å². The molecule has 0 amide bonds. The van der Waals surface area contributed by atoms with Gasteiger partial charge in [-0.3, -0.25) is 0 Å². The zero-order valence-corrected chi connectivity index (χ0v) is 15.9. The molecule has 0 unspecified atom stereocenters. The van der Waals surface area contributed by atoms with E-state index in [1.54, 1.807) is 22.1 Å². The Bertz CT molecular complexity index is 1040. The Balaban J connectivity index is 1.79. The summed E-state index contributed by atoms with van der Waals surface area (Å²) in [7, 11) is 0. The molecule has 0 aliphatic carbocycles. The molecule has 0 spiro atoms. The molecule has 4 heterocycles. The van der Waals surface area contributed by atoms with Gasteiger partial charge in [0.25, 0.3) is 0 Å². The van der Waals surface area contributed by atoms with Crippen LogP contribution in [0.4, 0.5) is 5.95 Å². The third kappa shape index (κ3) is 2.95. The number of hydrogen-bond donors (Lipinski definition) is 1. The molecule has 136 valence electrons. The second-order valence-corrected chi connectivity index (χ2v) is 7.23. The first-order valence-electron chi connectivity index (χ1n) is 8.71. The fraction of sp³-hybridized carbons (Fsp3) is 0.389. The molecule has 1 N–H and O–H groups in total. The first kappa shape index (κ1) is 17.0. The van der Waals surface area contributed by atoms with Crippen LogP contribution in [-0.2, 0) is 4.74 Å². The lowest BCUT2D eigenvalue weighted by atomic mass is 10.2. The van der Waals surface area contributed by atoms with Crippen molar-refractivity contribution in [2.75, 3.05) is 25.1 Å². The molecule has 4 rings (SSSR count). The van der Waals surface area contributed by atoms with Crippen molar-refractivity contribution in [2.24, 2.45) is 0 Å². The van der Waals surface area contributed by atoms with Crippen LogP contribution in [0.5, 0.6) is 0 Å². The lowest BCUT2D eigenvalue weighted by Crippen LogP contribution is -2.11. The zero-order chi connectivity index (χ0) is 18.1. The third-order valence-corrected chi connectivity index (χ3v) is 5.40. The predicted octanol–water partition coefficient (Wildman–Crippen LogP) is 4.05. The molecule has 0 atom stereocenters. The smallest absolute Gasteiger partial charge is 0.227 e. The van der Waals surface area contributed by atoms with Gasteiger partial charge in [-0.15, -0.1) is 16.4 Å². The molecule has 0 saturated carbocycles. The number of hydrogen-bond acceptors (Lipinski definition) is 7. The maximum Gasteiger partial charge on any atom is 0.227 e. The number of rotatable bonds is 7. The van der Waals surface area contributed by atoms with Gasteiger partial charge in [-0.05, 0) is 44.9 Å². The number of ether oxygens (including phenoxy) is 1. The Kier molecular flexibility index (Phi) is 4.60. The summed E-state index contributed by atoms with van der Waals surface area (Å²) in [5, 5.41) is 9.06. The van der Waals surface area contributed by atoms with E-state index < -0.39 is 0 Å². The van der Waals surface area contributed by atoms with Crippen molar-refractivity contribution in [1.29, 1.82) is 0 Å². The monoisotopic (exact) mass is 371 g/mol. The highest BCUT2D eigenvalue weighted by Crippen LogP contribution is 2.33. The minimum absolute atomic E-state index is 0.560. The predicted molar refractivity (Wildman–Crippen MR) is 103 cm³/mol. The van der Waals surface area contributed by atoms with E-state index in [4.69, 9.17) is 19.1 Å². The summed E-state index contributed by atoms with van der Waals surface area (Å²) >= 11 is 1.68. The van der Waals surface area contributed by atoms with Crippen LogP contribution in [0.25, 0.3) is 27.4 Å². The number of nitrogens with one attached hydrogen (secondary N) is 1. The SMILES string of the molecule is CCOCCCNc1nc2sc(C)c(C)c2c2nc(-c3ccco3)nn12. The van der Waals surface area contributed by atoms with E-state index in [0.29, 0.717) is 17.5 Å². The quantitative estimate of drug-likeness (QED) is 0.494. The summed E-state index contributed by atoms with van der Waals surface area (Å²) in [6.07, 6.45) is 2.53. The van der Waals surface area contributed by atoms with E-state index in [9.17, 15) is 0 Å². The molecule has 0 aliphatic heterocycles. The summed E-state index contributed by atoms with van der Waals surface area (Å²) in [4.78, 5) is 11.7. The van der Waals surface area contributed by atoms with Gasteiger partial charge >= 0.3 is 0 Å². The van der Waals surface area contributed by atoms with Crippen LogP contribution in [0.15, 0.2) is 22.8 Å². The van der Waals surface area contributed by atoms with Gasteiger partial charge in [-0.1, -0.05) is 0 Å². The van der Waals surface area contributed by atoms with Gasteiger partial charge in [0.15, 0.2) is 11.4 Å². The van der Waals surface area contributed by atoms with E-state index in [1.807, 2.05) is 19.1 Å². The molecule has 0 aromatic carbocycles. The van der Waals surface area contributed by atoms with Crippen molar-refractivity contribution in [1.82, 2.24) is 19.6 Å². The minimum Gasteiger partial charge on any atom is -0.461 e. The van der Waals surface area contributed by atoms with E-state index in [1.165, 1.54) is 10.4 Å². The third-order valence-electron chi connectivity index (χ3n) is 4.30. The second-order valence-electron chi connectivity index (χ2n) is 6.02. The molecule has 4 aromatic rings. The molecule has 8 heteroatoms. The van der Waals surface area contributed by atoms with Crippen LogP contribution in [0.2, 0.25) is 0 Å². The summed E-state index contributed by atoms with van der Waals surface area (Å²) in [5.41, 5.74) is 2.00. The largest absolute Gasteiger partial charge is 0.461 e. The first-order valence-corrected chi connectivity index (χ1v) is 9.52. The Labute approximate surface area is 155 Å². The van der Waals surface area contributed by atoms with Gasteiger partial charge in [-0.25, -0.2) is 9.97 Å². The molecule has 26 heavy (non-hydrogen) atoms. The van der Waals surface area contributed by atoms with Crippen molar-refractivity contribution in [2.45, 2.75) is 27.2 Å². The fourth-order valence-electron chi connectivity index (χ4n) is 2.86. The number of nitrogens with zero attached hydrogens (tertiary/aromatic N) is 4. The van der Waals surface area contributed by atoms with Crippen LogP contribution in [0.1, 0.15) is 23.8 Å². The Morgan fingerprint density at radius 3 is 2.96 bits per heavy atom. The number of anilines is 1. The van der Waals surface area contributed by atoms with Crippen molar-refractivity contribution >= 4 is 33.1 Å². The molecule has 4 aromatic heterocycles. The standard InChI is InChI=1S/C18H21N5O2S/c1-4-24-9-6-8-19-18-21-17-14(11(2)12(3)26-17)16-20-15(22-23(16)18)13-7-5-10-25-13/h5,7,10H,4,6,8-9H2,1-3H3,(H,19,21). The topological polar surface area (TPSA) is 77.5 Å². The Morgan fingerprint density at radius 1 is 1.31 bits per heavy atom. The average molecular weight is 371 g/mol. The van der Waals surface area contributed by atoms with Crippen molar-refractivity contribution in [3.05, 3.63) is 28.8 Å². The van der Waals surface area contributed by atoms with Crippen LogP contribution in [0, 0.1) is 13.8 Å². The highest BCUT2D eigenvalue weighted by Gasteiger charge is 2.19. The number of thiophene rings is 1. The Morgan fingerprint density at radius 2 is 2.19 bits per heavy atom. The number of furan rings is 1. The molecule has 0 aliphatic rings. The van der Waals surface area contributed by atoms with E-state index in [-0.39, 0.29) is 0 Å². The maximum absolute atomic E-state index is 5.47. The summed E-state index contributed by atoms with van der Waals surface area (Å²) in [6, 6.07) is 3.70. The molecular weight excluding hydrogens is 350 g/mol. The van der Waals surface area contributed by atoms with Gasteiger partial charge in [-0.2, -0.15) is 4.52 Å². The van der Waals surface area contributed by atoms with Gasteiger partial charge in [0.05, 0.1) is 11.6 Å². The van der Waals surface area contributed by atoms with Crippen LogP contribution in [0.3, 0.4) is 0 Å². The summed E-state index contributed by atoms with van der Waals surface area (Å²) < 4.78 is 12.6. The molecule has 0 bridgehead atoms. The number of aryl methyl sites for hydroxylation is 2. The summed E-state index contributed by atoms with van der Waals surface area (Å²) in [6.45, 7) is 8.43. The van der Waals surface area contributed by atoms with Crippen molar-refractivity contribution < 1.29 is 9.15 Å². The molecule has 7 nitrogen and oxygen atoms in total. The maximum atomic E-state index is 5.47. The highest BCUT2D eigenvalue weighted by molar-refractivity contribution is 7.18. The van der Waals surface area contributed by atoms with Crippen molar-refractivity contribution in [3.63, 3.8) is 0 Å². The lowest BCUT2D eigenvalue weighted by Gasteiger charge is -2.07. The average Bonchev–Trinajstić information content (AvgIpc) is 3.34. The molecular formula is C18H21N5O2S. The molecule has 0 radical (unpaired) electrons. The van der Waals surface area contributed by atoms with E-state index in [0.717, 1.165) is 42.0 Å². The van der Waals surface area contributed by atoms with Crippen LogP contribution >= 0.6 is 11.3 Å². The normalized spacial score (nSPS) is 11.7. The van der Waals surface area contributed by atoms with Crippen LogP contribution in [-0.4, -0.2) is 39.3 Å².